The summed E-state index contributed by atoms with van der Waals surface area (Å²) in [5, 5.41) is 8.63. The summed E-state index contributed by atoms with van der Waals surface area (Å²) in [6.45, 7) is 1.94. The van der Waals surface area contributed by atoms with Crippen molar-refractivity contribution in [2.45, 2.75) is 6.92 Å². The molecule has 0 aliphatic heterocycles. The highest BCUT2D eigenvalue weighted by atomic mass is 16.6. The number of imide groups is 1. The third-order valence-corrected chi connectivity index (χ3v) is 4.78. The third-order valence-electron chi connectivity index (χ3n) is 4.78. The average Bonchev–Trinajstić information content (AvgIpc) is 3.18. The normalized spacial score (nSPS) is 10.6. The lowest BCUT2D eigenvalue weighted by atomic mass is 10.1. The number of benzene rings is 3. The molecule has 156 valence electrons. The Balaban J connectivity index is 1.27. The number of ether oxygens (including phenoxy) is 2. The van der Waals surface area contributed by atoms with Crippen LogP contribution in [0.3, 0.4) is 0 Å². The number of alkyl carbamates (subject to hydrolysis) is 1. The van der Waals surface area contributed by atoms with Crippen LogP contribution < -0.4 is 10.1 Å². The second-order valence-electron chi connectivity index (χ2n) is 6.84. The molecule has 0 aliphatic rings. The third kappa shape index (κ3) is 4.72. The van der Waals surface area contributed by atoms with Crippen LogP contribution in [0.1, 0.15) is 16.1 Å². The maximum Gasteiger partial charge on any atom is 0.414 e. The Labute approximate surface area is 179 Å². The molecule has 0 spiro atoms. The van der Waals surface area contributed by atoms with Crippen LogP contribution in [0.15, 0.2) is 79.0 Å². The van der Waals surface area contributed by atoms with Crippen molar-refractivity contribution >= 4 is 22.8 Å². The standard InChI is InChI=1S/C24H21N3O4/c1-17-22(16-25-27(17)20-9-3-2-4-10-20)23(28)26-24(29)31-14-13-30-21-12-11-18-7-5-6-8-19(18)15-21/h2-12,15-16H,13-14H2,1H3,(H,26,28,29). The smallest absolute Gasteiger partial charge is 0.414 e. The average molecular weight is 415 g/mol. The van der Waals surface area contributed by atoms with Gasteiger partial charge in [-0.05, 0) is 42.0 Å². The molecular weight excluding hydrogens is 394 g/mol. The van der Waals surface area contributed by atoms with Crippen molar-refractivity contribution in [3.05, 3.63) is 90.3 Å². The fraction of sp³-hybridized carbons (Fsp3) is 0.125. The minimum Gasteiger partial charge on any atom is -0.490 e. The summed E-state index contributed by atoms with van der Waals surface area (Å²) in [6, 6.07) is 23.1. The van der Waals surface area contributed by atoms with Gasteiger partial charge in [-0.15, -0.1) is 0 Å². The molecule has 1 heterocycles. The maximum atomic E-state index is 12.4. The molecule has 0 bridgehead atoms. The van der Waals surface area contributed by atoms with Crippen molar-refractivity contribution in [2.24, 2.45) is 0 Å². The lowest BCUT2D eigenvalue weighted by Crippen LogP contribution is -2.32. The second kappa shape index (κ2) is 9.13. The van der Waals surface area contributed by atoms with Gasteiger partial charge in [-0.3, -0.25) is 10.1 Å². The highest BCUT2D eigenvalue weighted by molar-refractivity contribution is 6.03. The molecule has 3 aromatic carbocycles. The van der Waals surface area contributed by atoms with E-state index in [1.807, 2.05) is 72.8 Å². The fourth-order valence-electron chi connectivity index (χ4n) is 3.21. The second-order valence-corrected chi connectivity index (χ2v) is 6.84. The highest BCUT2D eigenvalue weighted by Crippen LogP contribution is 2.20. The van der Waals surface area contributed by atoms with Crippen molar-refractivity contribution in [3.8, 4) is 11.4 Å². The van der Waals surface area contributed by atoms with Crippen molar-refractivity contribution < 1.29 is 19.1 Å². The van der Waals surface area contributed by atoms with E-state index in [1.54, 1.807) is 11.6 Å². The van der Waals surface area contributed by atoms with E-state index in [0.717, 1.165) is 16.5 Å². The number of hydrogen-bond donors (Lipinski definition) is 1. The van der Waals surface area contributed by atoms with Gasteiger partial charge in [-0.25, -0.2) is 9.48 Å². The molecule has 7 heteroatoms. The number of rotatable bonds is 6. The number of carbonyl (C=O) groups excluding carboxylic acids is 2. The summed E-state index contributed by atoms with van der Waals surface area (Å²) in [6.07, 6.45) is 0.590. The van der Waals surface area contributed by atoms with Crippen LogP contribution in [0, 0.1) is 6.92 Å². The largest absolute Gasteiger partial charge is 0.490 e. The molecule has 4 aromatic rings. The molecule has 0 fully saturated rings. The number of fused-ring (bicyclic) bond motifs is 1. The first-order valence-corrected chi connectivity index (χ1v) is 9.81. The van der Waals surface area contributed by atoms with Gasteiger partial charge in [0.1, 0.15) is 19.0 Å². The molecule has 0 saturated carbocycles. The van der Waals surface area contributed by atoms with Gasteiger partial charge in [0, 0.05) is 0 Å². The van der Waals surface area contributed by atoms with Gasteiger partial charge in [0.15, 0.2) is 0 Å². The van der Waals surface area contributed by atoms with Crippen LogP contribution in [0.5, 0.6) is 5.75 Å². The molecular formula is C24H21N3O4. The monoisotopic (exact) mass is 415 g/mol. The lowest BCUT2D eigenvalue weighted by Gasteiger charge is -2.09. The number of nitrogens with one attached hydrogen (secondary N) is 1. The molecule has 7 nitrogen and oxygen atoms in total. The molecule has 0 radical (unpaired) electrons. The van der Waals surface area contributed by atoms with E-state index in [1.165, 1.54) is 6.20 Å². The molecule has 1 N–H and O–H groups in total. The number of hydrogen-bond acceptors (Lipinski definition) is 5. The Hall–Kier alpha value is -4.13. The molecule has 0 saturated heterocycles. The summed E-state index contributed by atoms with van der Waals surface area (Å²) in [5.41, 5.74) is 1.75. The number of para-hydroxylation sites is 1. The van der Waals surface area contributed by atoms with E-state index in [4.69, 9.17) is 9.47 Å². The van der Waals surface area contributed by atoms with Gasteiger partial charge < -0.3 is 9.47 Å². The molecule has 31 heavy (non-hydrogen) atoms. The molecule has 1 aromatic heterocycles. The van der Waals surface area contributed by atoms with E-state index in [-0.39, 0.29) is 13.2 Å². The Kier molecular flexibility index (Phi) is 5.93. The van der Waals surface area contributed by atoms with E-state index >= 15 is 0 Å². The van der Waals surface area contributed by atoms with Crippen molar-refractivity contribution in [1.82, 2.24) is 15.1 Å². The predicted molar refractivity (Wildman–Crippen MR) is 117 cm³/mol. The Morgan fingerprint density at radius 3 is 2.48 bits per heavy atom. The molecule has 0 atom stereocenters. The van der Waals surface area contributed by atoms with Gasteiger partial charge in [0.2, 0.25) is 0 Å². The first-order chi connectivity index (χ1) is 15.1. The van der Waals surface area contributed by atoms with Gasteiger partial charge in [-0.1, -0.05) is 48.5 Å². The minimum absolute atomic E-state index is 0.00813. The van der Waals surface area contributed by atoms with Crippen molar-refractivity contribution in [1.29, 1.82) is 0 Å². The minimum atomic E-state index is -0.834. The van der Waals surface area contributed by atoms with Crippen molar-refractivity contribution in [2.75, 3.05) is 13.2 Å². The molecule has 0 aliphatic carbocycles. The molecule has 0 unspecified atom stereocenters. The summed E-state index contributed by atoms with van der Waals surface area (Å²) < 4.78 is 12.3. The first kappa shape index (κ1) is 20.2. The summed E-state index contributed by atoms with van der Waals surface area (Å²) >= 11 is 0. The van der Waals surface area contributed by atoms with Crippen LogP contribution in [0.25, 0.3) is 16.5 Å². The van der Waals surface area contributed by atoms with Gasteiger partial charge in [0.25, 0.3) is 5.91 Å². The van der Waals surface area contributed by atoms with Crippen molar-refractivity contribution in [3.63, 3.8) is 0 Å². The number of amides is 2. The maximum absolute atomic E-state index is 12.4. The Morgan fingerprint density at radius 1 is 0.935 bits per heavy atom. The van der Waals surface area contributed by atoms with Crippen LogP contribution >= 0.6 is 0 Å². The van der Waals surface area contributed by atoms with Crippen LogP contribution in [0.2, 0.25) is 0 Å². The van der Waals surface area contributed by atoms with E-state index in [9.17, 15) is 9.59 Å². The van der Waals surface area contributed by atoms with E-state index < -0.39 is 12.0 Å². The Morgan fingerprint density at radius 2 is 1.68 bits per heavy atom. The van der Waals surface area contributed by atoms with Gasteiger partial charge >= 0.3 is 6.09 Å². The van der Waals surface area contributed by atoms with Gasteiger partial charge in [0.05, 0.1) is 23.1 Å². The van der Waals surface area contributed by atoms with Crippen LogP contribution in [-0.2, 0) is 4.74 Å². The lowest BCUT2D eigenvalue weighted by molar-refractivity contribution is 0.0899. The molecule has 4 rings (SSSR count). The van der Waals surface area contributed by atoms with E-state index in [2.05, 4.69) is 10.4 Å². The first-order valence-electron chi connectivity index (χ1n) is 9.81. The fourth-order valence-corrected chi connectivity index (χ4v) is 3.21. The zero-order chi connectivity index (χ0) is 21.6. The zero-order valence-electron chi connectivity index (χ0n) is 16.9. The Bertz CT molecular complexity index is 1220. The molecule has 2 amide bonds. The number of carbonyl (C=O) groups is 2. The zero-order valence-corrected chi connectivity index (χ0v) is 16.9. The quantitative estimate of drug-likeness (QED) is 0.475. The SMILES string of the molecule is Cc1c(C(=O)NC(=O)OCCOc2ccc3ccccc3c2)cnn1-c1ccccc1. The summed E-state index contributed by atoms with van der Waals surface area (Å²) in [4.78, 5) is 24.4. The predicted octanol–water partition coefficient (Wildman–Crippen LogP) is 4.28. The topological polar surface area (TPSA) is 82.5 Å². The van der Waals surface area contributed by atoms with Gasteiger partial charge in [-0.2, -0.15) is 5.10 Å². The summed E-state index contributed by atoms with van der Waals surface area (Å²) in [5.74, 6) is 0.114. The number of aromatic nitrogens is 2. The number of nitrogens with zero attached hydrogens (tertiary/aromatic N) is 2. The van der Waals surface area contributed by atoms with E-state index in [0.29, 0.717) is 17.0 Å². The summed E-state index contributed by atoms with van der Waals surface area (Å²) in [7, 11) is 0. The highest BCUT2D eigenvalue weighted by Gasteiger charge is 2.18. The van der Waals surface area contributed by atoms with Crippen LogP contribution in [-0.4, -0.2) is 35.0 Å². The van der Waals surface area contributed by atoms with Crippen LogP contribution in [0.4, 0.5) is 4.79 Å².